The quantitative estimate of drug-likeness (QED) is 0.807. The van der Waals surface area contributed by atoms with Crippen molar-refractivity contribution in [3.63, 3.8) is 0 Å². The van der Waals surface area contributed by atoms with E-state index in [0.29, 0.717) is 0 Å². The predicted molar refractivity (Wildman–Crippen MR) is 52.5 cm³/mol. The molecule has 0 atom stereocenters. The second-order valence-corrected chi connectivity index (χ2v) is 4.37. The van der Waals surface area contributed by atoms with Crippen molar-refractivity contribution < 1.29 is 0 Å². The normalized spacial score (nSPS) is 10.9. The van der Waals surface area contributed by atoms with Crippen LogP contribution in [0.1, 0.15) is 4.88 Å². The third kappa shape index (κ3) is 3.33. The number of halogens is 1. The molecule has 62 valence electrons. The zero-order chi connectivity index (χ0) is 8.27. The first-order valence-electron chi connectivity index (χ1n) is 3.32. The maximum atomic E-state index is 3.41. The lowest BCUT2D eigenvalue weighted by molar-refractivity contribution is 0.287. The molecule has 0 spiro atoms. The maximum absolute atomic E-state index is 3.41. The van der Waals surface area contributed by atoms with Crippen LogP contribution in [-0.4, -0.2) is 19.1 Å². The van der Waals surface area contributed by atoms with Crippen molar-refractivity contribution in [3.05, 3.63) is 20.8 Å². The molecule has 0 amide bonds. The minimum atomic E-state index is 0.906. The van der Waals surface area contributed by atoms with E-state index in [2.05, 4.69) is 32.8 Å². The molecule has 0 aliphatic carbocycles. The smallest absolute Gasteiger partial charge is 0.0447 e. The van der Waals surface area contributed by atoms with E-state index in [1.165, 1.54) is 4.88 Å². The average Bonchev–Trinajstić information content (AvgIpc) is 2.31. The van der Waals surface area contributed by atoms with Gasteiger partial charge in [-0.1, -0.05) is 0 Å². The number of nitrogens with one attached hydrogen (secondary N) is 1. The number of hydrogen-bond donors (Lipinski definition) is 1. The summed E-state index contributed by atoms with van der Waals surface area (Å²) in [4.78, 5) is 1.34. The zero-order valence-corrected chi connectivity index (χ0v) is 9.00. The predicted octanol–water partition coefficient (Wildman–Crippen LogP) is 2.08. The Morgan fingerprint density at radius 1 is 1.64 bits per heavy atom. The summed E-state index contributed by atoms with van der Waals surface area (Å²) in [7, 11) is 3.98. The van der Waals surface area contributed by atoms with Crippen LogP contribution < -0.4 is 5.43 Å². The van der Waals surface area contributed by atoms with Crippen LogP contribution in [0.5, 0.6) is 0 Å². The first-order valence-corrected chi connectivity index (χ1v) is 4.99. The van der Waals surface area contributed by atoms with Gasteiger partial charge in [0, 0.05) is 35.4 Å². The molecule has 4 heteroatoms. The molecule has 0 bridgehead atoms. The fourth-order valence-electron chi connectivity index (χ4n) is 0.683. The molecule has 1 aromatic heterocycles. The Balaban J connectivity index is 2.39. The third-order valence-corrected chi connectivity index (χ3v) is 2.89. The first kappa shape index (κ1) is 9.19. The summed E-state index contributed by atoms with van der Waals surface area (Å²) in [6, 6.07) is 2.13. The fourth-order valence-corrected chi connectivity index (χ4v) is 2.07. The molecule has 1 aromatic rings. The minimum absolute atomic E-state index is 0.906. The van der Waals surface area contributed by atoms with Crippen molar-refractivity contribution in [3.8, 4) is 0 Å². The van der Waals surface area contributed by atoms with Crippen LogP contribution in [0.25, 0.3) is 0 Å². The zero-order valence-electron chi connectivity index (χ0n) is 6.60. The van der Waals surface area contributed by atoms with E-state index in [1.807, 2.05) is 19.1 Å². The summed E-state index contributed by atoms with van der Waals surface area (Å²) in [5.74, 6) is 0. The number of hydrazine groups is 1. The van der Waals surface area contributed by atoms with Crippen LogP contribution in [-0.2, 0) is 6.54 Å². The van der Waals surface area contributed by atoms with Gasteiger partial charge in [-0.15, -0.1) is 11.3 Å². The van der Waals surface area contributed by atoms with Crippen molar-refractivity contribution in [1.29, 1.82) is 0 Å². The van der Waals surface area contributed by atoms with Gasteiger partial charge in [-0.3, -0.25) is 10.4 Å². The molecule has 11 heavy (non-hydrogen) atoms. The monoisotopic (exact) mass is 234 g/mol. The van der Waals surface area contributed by atoms with E-state index < -0.39 is 0 Å². The van der Waals surface area contributed by atoms with Gasteiger partial charge in [0.05, 0.1) is 0 Å². The van der Waals surface area contributed by atoms with E-state index in [9.17, 15) is 0 Å². The van der Waals surface area contributed by atoms with Crippen LogP contribution in [0.3, 0.4) is 0 Å². The summed E-state index contributed by atoms with van der Waals surface area (Å²) >= 11 is 5.16. The topological polar surface area (TPSA) is 15.3 Å². The van der Waals surface area contributed by atoms with Gasteiger partial charge >= 0.3 is 0 Å². The fraction of sp³-hybridized carbons (Fsp3) is 0.429. The molecule has 0 radical (unpaired) electrons. The second-order valence-electron chi connectivity index (χ2n) is 2.46. The van der Waals surface area contributed by atoms with Gasteiger partial charge in [-0.2, -0.15) is 0 Å². The molecular weight excluding hydrogens is 224 g/mol. The molecule has 0 aromatic carbocycles. The Bertz CT molecular complexity index is 222. The lowest BCUT2D eigenvalue weighted by atomic mass is 10.5. The van der Waals surface area contributed by atoms with Gasteiger partial charge < -0.3 is 0 Å². The van der Waals surface area contributed by atoms with Gasteiger partial charge in [0.2, 0.25) is 0 Å². The second kappa shape index (κ2) is 4.21. The highest BCUT2D eigenvalue weighted by molar-refractivity contribution is 9.10. The molecule has 2 nitrogen and oxygen atoms in total. The summed E-state index contributed by atoms with van der Waals surface area (Å²) in [5, 5.41) is 4.04. The van der Waals surface area contributed by atoms with Crippen molar-refractivity contribution in [1.82, 2.24) is 10.4 Å². The molecule has 0 unspecified atom stereocenters. The maximum Gasteiger partial charge on any atom is 0.0447 e. The molecule has 0 aliphatic rings. The third-order valence-electron chi connectivity index (χ3n) is 1.19. The van der Waals surface area contributed by atoms with Crippen LogP contribution in [0.2, 0.25) is 0 Å². The van der Waals surface area contributed by atoms with E-state index in [0.717, 1.165) is 11.0 Å². The lowest BCUT2D eigenvalue weighted by Gasteiger charge is -2.09. The SMILES string of the molecule is CN(C)NCc1cc(Br)cs1. The number of nitrogens with zero attached hydrogens (tertiary/aromatic N) is 1. The summed E-state index contributed by atoms with van der Waals surface area (Å²) in [6.07, 6.45) is 0. The Morgan fingerprint density at radius 2 is 2.36 bits per heavy atom. The van der Waals surface area contributed by atoms with Gasteiger partial charge in [0.25, 0.3) is 0 Å². The van der Waals surface area contributed by atoms with Crippen LogP contribution in [0.4, 0.5) is 0 Å². The van der Waals surface area contributed by atoms with Gasteiger partial charge in [-0.05, 0) is 22.0 Å². The largest absolute Gasteiger partial charge is 0.250 e. The molecule has 1 N–H and O–H groups in total. The number of hydrogen-bond acceptors (Lipinski definition) is 3. The Kier molecular flexibility index (Phi) is 3.51. The molecular formula is C7H11BrN2S. The standard InChI is InChI=1S/C7H11BrN2S/c1-10(2)9-4-7-3-6(8)5-11-7/h3,5,9H,4H2,1-2H3. The minimum Gasteiger partial charge on any atom is -0.250 e. The van der Waals surface area contributed by atoms with Crippen molar-refractivity contribution in [2.75, 3.05) is 14.1 Å². The van der Waals surface area contributed by atoms with Crippen LogP contribution in [0.15, 0.2) is 15.9 Å². The van der Waals surface area contributed by atoms with Crippen molar-refractivity contribution in [2.45, 2.75) is 6.54 Å². The highest BCUT2D eigenvalue weighted by Crippen LogP contribution is 2.19. The first-order chi connectivity index (χ1) is 5.18. The van der Waals surface area contributed by atoms with E-state index in [4.69, 9.17) is 0 Å². The molecule has 0 saturated carbocycles. The number of thiophene rings is 1. The average molecular weight is 235 g/mol. The molecule has 0 aliphatic heterocycles. The lowest BCUT2D eigenvalue weighted by Crippen LogP contribution is -2.29. The molecule has 1 rings (SSSR count). The number of rotatable bonds is 3. The van der Waals surface area contributed by atoms with Gasteiger partial charge in [0.15, 0.2) is 0 Å². The Morgan fingerprint density at radius 3 is 2.82 bits per heavy atom. The Labute approximate surface area is 79.3 Å². The van der Waals surface area contributed by atoms with E-state index >= 15 is 0 Å². The highest BCUT2D eigenvalue weighted by atomic mass is 79.9. The highest BCUT2D eigenvalue weighted by Gasteiger charge is 1.96. The molecule has 0 fully saturated rings. The van der Waals surface area contributed by atoms with Crippen molar-refractivity contribution in [2.24, 2.45) is 0 Å². The molecule has 1 heterocycles. The van der Waals surface area contributed by atoms with Crippen LogP contribution >= 0.6 is 27.3 Å². The molecule has 0 saturated heterocycles. The van der Waals surface area contributed by atoms with Gasteiger partial charge in [-0.25, -0.2) is 0 Å². The summed E-state index contributed by atoms with van der Waals surface area (Å²) < 4.78 is 1.16. The Hall–Kier alpha value is 0.1000. The van der Waals surface area contributed by atoms with E-state index in [-0.39, 0.29) is 0 Å². The van der Waals surface area contributed by atoms with Crippen molar-refractivity contribution >= 4 is 27.3 Å². The summed E-state index contributed by atoms with van der Waals surface area (Å²) in [6.45, 7) is 0.906. The van der Waals surface area contributed by atoms with Crippen LogP contribution in [0, 0.1) is 0 Å². The van der Waals surface area contributed by atoms with E-state index in [1.54, 1.807) is 11.3 Å². The van der Waals surface area contributed by atoms with Gasteiger partial charge in [0.1, 0.15) is 0 Å². The summed E-state index contributed by atoms with van der Waals surface area (Å²) in [5.41, 5.74) is 3.20.